The van der Waals surface area contributed by atoms with Gasteiger partial charge in [-0.3, -0.25) is 9.10 Å². The summed E-state index contributed by atoms with van der Waals surface area (Å²) in [5, 5.41) is 2.83. The lowest BCUT2D eigenvalue weighted by Crippen LogP contribution is -2.41. The van der Waals surface area contributed by atoms with Crippen molar-refractivity contribution in [3.8, 4) is 0 Å². The maximum absolute atomic E-state index is 13.3. The summed E-state index contributed by atoms with van der Waals surface area (Å²) in [5.41, 5.74) is 1.43. The third kappa shape index (κ3) is 5.57. The van der Waals surface area contributed by atoms with Gasteiger partial charge in [0, 0.05) is 6.54 Å². The molecule has 0 aliphatic heterocycles. The monoisotopic (exact) mass is 388 g/mol. The smallest absolute Gasteiger partial charge is 0.264 e. The van der Waals surface area contributed by atoms with Crippen LogP contribution in [-0.2, 0) is 21.2 Å². The van der Waals surface area contributed by atoms with Crippen molar-refractivity contribution in [2.45, 2.75) is 44.4 Å². The Bertz CT molecular complexity index is 836. The van der Waals surface area contributed by atoms with Crippen LogP contribution in [0.2, 0.25) is 0 Å². The fourth-order valence-electron chi connectivity index (χ4n) is 2.86. The van der Waals surface area contributed by atoms with Crippen LogP contribution in [0.5, 0.6) is 0 Å². The number of aryl methyl sites for hydroxylation is 1. The van der Waals surface area contributed by atoms with E-state index >= 15 is 0 Å². The summed E-state index contributed by atoms with van der Waals surface area (Å²) in [6, 6.07) is 15.5. The van der Waals surface area contributed by atoms with Crippen molar-refractivity contribution in [2.75, 3.05) is 17.4 Å². The highest BCUT2D eigenvalue weighted by Gasteiger charge is 2.28. The van der Waals surface area contributed by atoms with Gasteiger partial charge in [-0.2, -0.15) is 0 Å². The van der Waals surface area contributed by atoms with Crippen molar-refractivity contribution in [1.82, 2.24) is 5.32 Å². The van der Waals surface area contributed by atoms with E-state index in [2.05, 4.69) is 12.2 Å². The number of benzene rings is 2. The number of rotatable bonds is 10. The minimum atomic E-state index is -3.84. The van der Waals surface area contributed by atoms with E-state index in [9.17, 15) is 13.2 Å². The van der Waals surface area contributed by atoms with Gasteiger partial charge in [0.15, 0.2) is 0 Å². The maximum Gasteiger partial charge on any atom is 0.264 e. The molecule has 0 heterocycles. The predicted molar refractivity (Wildman–Crippen MR) is 109 cm³/mol. The number of sulfonamides is 1. The van der Waals surface area contributed by atoms with Gasteiger partial charge in [-0.25, -0.2) is 8.42 Å². The second-order valence-corrected chi connectivity index (χ2v) is 8.23. The number of hydrogen-bond acceptors (Lipinski definition) is 3. The summed E-state index contributed by atoms with van der Waals surface area (Å²) < 4.78 is 27.7. The Kier molecular flexibility index (Phi) is 7.85. The van der Waals surface area contributed by atoms with Crippen molar-refractivity contribution in [1.29, 1.82) is 0 Å². The van der Waals surface area contributed by atoms with Crippen molar-refractivity contribution < 1.29 is 13.2 Å². The summed E-state index contributed by atoms with van der Waals surface area (Å²) in [7, 11) is -3.84. The second kappa shape index (κ2) is 10.1. The molecule has 2 aromatic rings. The van der Waals surface area contributed by atoms with Gasteiger partial charge < -0.3 is 5.32 Å². The van der Waals surface area contributed by atoms with Gasteiger partial charge in [-0.15, -0.1) is 0 Å². The molecule has 0 atom stereocenters. The lowest BCUT2D eigenvalue weighted by molar-refractivity contribution is -0.119. The molecule has 0 saturated heterocycles. The quantitative estimate of drug-likeness (QED) is 0.630. The predicted octanol–water partition coefficient (Wildman–Crippen LogP) is 3.75. The Balaban J connectivity index is 2.33. The molecule has 0 spiro atoms. The SMILES string of the molecule is CCCCCNC(=O)CN(c1ccccc1CC)S(=O)(=O)c1ccccc1. The number of para-hydroxylation sites is 1. The average molecular weight is 389 g/mol. The zero-order chi connectivity index (χ0) is 19.7. The van der Waals surface area contributed by atoms with Gasteiger partial charge in [0.25, 0.3) is 10.0 Å². The Hall–Kier alpha value is -2.34. The number of carbonyl (C=O) groups excluding carboxylic acids is 1. The zero-order valence-electron chi connectivity index (χ0n) is 16.0. The van der Waals surface area contributed by atoms with Gasteiger partial charge >= 0.3 is 0 Å². The molecule has 0 aliphatic carbocycles. The number of amides is 1. The molecular formula is C21H28N2O3S. The highest BCUT2D eigenvalue weighted by Crippen LogP contribution is 2.27. The summed E-state index contributed by atoms with van der Waals surface area (Å²) in [6.45, 7) is 4.39. The maximum atomic E-state index is 13.3. The fraction of sp³-hybridized carbons (Fsp3) is 0.381. The molecule has 2 aromatic carbocycles. The van der Waals surface area contributed by atoms with Crippen LogP contribution in [0, 0.1) is 0 Å². The Morgan fingerprint density at radius 1 is 0.963 bits per heavy atom. The van der Waals surface area contributed by atoms with E-state index in [-0.39, 0.29) is 17.3 Å². The molecule has 1 amide bonds. The molecule has 0 unspecified atom stereocenters. The standard InChI is InChI=1S/C21H28N2O3S/c1-3-5-11-16-22-21(24)17-23(20-15-10-9-12-18(20)4-2)27(25,26)19-13-7-6-8-14-19/h6-10,12-15H,3-5,11,16-17H2,1-2H3,(H,22,24). The molecule has 0 aromatic heterocycles. The second-order valence-electron chi connectivity index (χ2n) is 6.36. The Morgan fingerprint density at radius 3 is 2.30 bits per heavy atom. The normalized spacial score (nSPS) is 11.2. The zero-order valence-corrected chi connectivity index (χ0v) is 16.8. The summed E-state index contributed by atoms with van der Waals surface area (Å²) in [5.74, 6) is -0.295. The number of nitrogens with one attached hydrogen (secondary N) is 1. The number of anilines is 1. The minimum absolute atomic E-state index is 0.176. The number of unbranched alkanes of at least 4 members (excludes halogenated alkanes) is 2. The molecule has 27 heavy (non-hydrogen) atoms. The van der Waals surface area contributed by atoms with Crippen LogP contribution >= 0.6 is 0 Å². The fourth-order valence-corrected chi connectivity index (χ4v) is 4.34. The highest BCUT2D eigenvalue weighted by molar-refractivity contribution is 7.92. The topological polar surface area (TPSA) is 66.5 Å². The molecular weight excluding hydrogens is 360 g/mol. The van der Waals surface area contributed by atoms with Crippen molar-refractivity contribution >= 4 is 21.6 Å². The van der Waals surface area contributed by atoms with Gasteiger partial charge in [0.2, 0.25) is 5.91 Å². The van der Waals surface area contributed by atoms with E-state index in [1.165, 1.54) is 4.31 Å². The number of carbonyl (C=O) groups is 1. The van der Waals surface area contributed by atoms with E-state index in [1.807, 2.05) is 19.1 Å². The molecule has 0 bridgehead atoms. The molecule has 1 N–H and O–H groups in total. The van der Waals surface area contributed by atoms with Gasteiger partial charge in [0.05, 0.1) is 10.6 Å². The molecule has 5 nitrogen and oxygen atoms in total. The molecule has 0 radical (unpaired) electrons. The van der Waals surface area contributed by atoms with Gasteiger partial charge in [-0.1, -0.05) is 63.1 Å². The van der Waals surface area contributed by atoms with Gasteiger partial charge in [-0.05, 0) is 36.6 Å². The number of nitrogens with zero attached hydrogens (tertiary/aromatic N) is 1. The van der Waals surface area contributed by atoms with E-state index in [0.717, 1.165) is 24.8 Å². The largest absolute Gasteiger partial charge is 0.355 e. The molecule has 0 saturated carbocycles. The first kappa shape index (κ1) is 21.0. The van der Waals surface area contributed by atoms with Crippen LogP contribution in [0.15, 0.2) is 59.5 Å². The summed E-state index contributed by atoms with van der Waals surface area (Å²) in [6.07, 6.45) is 3.66. The van der Waals surface area contributed by atoms with Crippen molar-refractivity contribution in [2.24, 2.45) is 0 Å². The van der Waals surface area contributed by atoms with Gasteiger partial charge in [0.1, 0.15) is 6.54 Å². The van der Waals surface area contributed by atoms with Crippen LogP contribution in [0.3, 0.4) is 0 Å². The first-order chi connectivity index (χ1) is 13.0. The Labute approximate surface area is 162 Å². The van der Waals surface area contributed by atoms with E-state index in [1.54, 1.807) is 42.5 Å². The highest BCUT2D eigenvalue weighted by atomic mass is 32.2. The first-order valence-electron chi connectivity index (χ1n) is 9.43. The van der Waals surface area contributed by atoms with Crippen molar-refractivity contribution in [3.05, 3.63) is 60.2 Å². The van der Waals surface area contributed by atoms with Crippen LogP contribution in [0.4, 0.5) is 5.69 Å². The van der Waals surface area contributed by atoms with Crippen LogP contribution in [-0.4, -0.2) is 27.4 Å². The van der Waals surface area contributed by atoms with E-state index in [4.69, 9.17) is 0 Å². The average Bonchev–Trinajstić information content (AvgIpc) is 2.70. The summed E-state index contributed by atoms with van der Waals surface area (Å²) >= 11 is 0. The van der Waals surface area contributed by atoms with Crippen LogP contribution in [0.25, 0.3) is 0 Å². The molecule has 0 aliphatic rings. The number of hydrogen-bond donors (Lipinski definition) is 1. The minimum Gasteiger partial charge on any atom is -0.355 e. The molecule has 0 fully saturated rings. The van der Waals surface area contributed by atoms with Crippen molar-refractivity contribution in [3.63, 3.8) is 0 Å². The lowest BCUT2D eigenvalue weighted by atomic mass is 10.1. The molecule has 6 heteroatoms. The summed E-state index contributed by atoms with van der Waals surface area (Å²) in [4.78, 5) is 12.6. The molecule has 146 valence electrons. The van der Waals surface area contributed by atoms with E-state index < -0.39 is 10.0 Å². The van der Waals surface area contributed by atoms with Crippen LogP contribution in [0.1, 0.15) is 38.7 Å². The van der Waals surface area contributed by atoms with E-state index in [0.29, 0.717) is 18.7 Å². The Morgan fingerprint density at radius 2 is 1.63 bits per heavy atom. The lowest BCUT2D eigenvalue weighted by Gasteiger charge is -2.26. The van der Waals surface area contributed by atoms with Crippen LogP contribution < -0.4 is 9.62 Å². The third-order valence-electron chi connectivity index (χ3n) is 4.36. The molecule has 2 rings (SSSR count). The first-order valence-corrected chi connectivity index (χ1v) is 10.9. The third-order valence-corrected chi connectivity index (χ3v) is 6.14.